The molecule has 0 N–H and O–H groups in total. The van der Waals surface area contributed by atoms with Gasteiger partial charge in [-0.25, -0.2) is 15.0 Å². The van der Waals surface area contributed by atoms with Crippen LogP contribution in [0.15, 0.2) is 191 Å². The van der Waals surface area contributed by atoms with E-state index in [1.54, 1.807) is 0 Å². The highest BCUT2D eigenvalue weighted by molar-refractivity contribution is 6.12. The monoisotopic (exact) mass is 730 g/mol. The van der Waals surface area contributed by atoms with Gasteiger partial charge in [0.25, 0.3) is 0 Å². The molecule has 0 aliphatic rings. The molecule has 0 aliphatic heterocycles. The Bertz CT molecular complexity index is 3490. The molecule has 0 unspecified atom stereocenters. The van der Waals surface area contributed by atoms with Crippen molar-refractivity contribution in [2.24, 2.45) is 0 Å². The molecule has 0 aliphatic carbocycles. The van der Waals surface area contributed by atoms with Crippen molar-refractivity contribution in [3.63, 3.8) is 0 Å². The number of hydrogen-bond acceptors (Lipinski definition) is 5. The molecule has 0 atom stereocenters. The van der Waals surface area contributed by atoms with Crippen LogP contribution in [-0.2, 0) is 0 Å². The van der Waals surface area contributed by atoms with Gasteiger partial charge in [0.15, 0.2) is 17.5 Å². The lowest BCUT2D eigenvalue weighted by Gasteiger charge is -2.14. The Morgan fingerprint density at radius 1 is 0.333 bits per heavy atom. The highest BCUT2D eigenvalue weighted by Crippen LogP contribution is 2.40. The molecule has 6 nitrogen and oxygen atoms in total. The Morgan fingerprint density at radius 2 is 0.877 bits per heavy atom. The molecule has 0 saturated carbocycles. The lowest BCUT2D eigenvalue weighted by molar-refractivity contribution is 0.668. The zero-order valence-electron chi connectivity index (χ0n) is 30.4. The molecule has 0 spiro atoms. The summed E-state index contributed by atoms with van der Waals surface area (Å²) < 4.78 is 15.3. The Morgan fingerprint density at radius 3 is 1.65 bits per heavy atom. The van der Waals surface area contributed by atoms with Crippen molar-refractivity contribution in [1.82, 2.24) is 19.5 Å². The molecule has 0 fully saturated rings. The van der Waals surface area contributed by atoms with Crippen molar-refractivity contribution in [3.05, 3.63) is 182 Å². The van der Waals surface area contributed by atoms with Crippen molar-refractivity contribution in [2.45, 2.75) is 0 Å². The van der Waals surface area contributed by atoms with E-state index in [9.17, 15) is 0 Å². The molecule has 0 radical (unpaired) electrons. The predicted molar refractivity (Wildman–Crippen MR) is 230 cm³/mol. The van der Waals surface area contributed by atoms with E-state index in [1.807, 2.05) is 66.7 Å². The fourth-order valence-corrected chi connectivity index (χ4v) is 8.48. The fourth-order valence-electron chi connectivity index (χ4n) is 8.48. The maximum absolute atomic E-state index is 6.68. The average molecular weight is 731 g/mol. The van der Waals surface area contributed by atoms with E-state index in [0.29, 0.717) is 17.5 Å². The van der Waals surface area contributed by atoms with Gasteiger partial charge in [0.1, 0.15) is 22.3 Å². The first kappa shape index (κ1) is 31.5. The van der Waals surface area contributed by atoms with Gasteiger partial charge in [0, 0.05) is 54.6 Å². The van der Waals surface area contributed by atoms with Gasteiger partial charge in [0.2, 0.25) is 0 Å². The smallest absolute Gasteiger partial charge is 0.164 e. The molecule has 57 heavy (non-hydrogen) atoms. The van der Waals surface area contributed by atoms with Crippen LogP contribution in [0.1, 0.15) is 0 Å². The molecular weight excluding hydrogens is 701 g/mol. The number of para-hydroxylation sites is 4. The highest BCUT2D eigenvalue weighted by atomic mass is 16.3. The Labute approximate surface area is 325 Å². The van der Waals surface area contributed by atoms with Crippen molar-refractivity contribution in [3.8, 4) is 51.0 Å². The van der Waals surface area contributed by atoms with Gasteiger partial charge in [-0.15, -0.1) is 0 Å². The molecule has 12 aromatic rings. The van der Waals surface area contributed by atoms with Crippen molar-refractivity contribution >= 4 is 65.7 Å². The first-order valence-electron chi connectivity index (χ1n) is 19.0. The van der Waals surface area contributed by atoms with Crippen LogP contribution in [0.4, 0.5) is 0 Å². The molecular formula is C51H30N4O2. The Hall–Kier alpha value is -7.83. The summed E-state index contributed by atoms with van der Waals surface area (Å²) in [6, 6.07) is 62.7. The van der Waals surface area contributed by atoms with Crippen LogP contribution in [0.2, 0.25) is 0 Å². The van der Waals surface area contributed by atoms with Crippen molar-refractivity contribution in [1.29, 1.82) is 0 Å². The Kier molecular flexibility index (Phi) is 6.83. The average Bonchev–Trinajstić information content (AvgIpc) is 3.95. The summed E-state index contributed by atoms with van der Waals surface area (Å²) in [7, 11) is 0. The van der Waals surface area contributed by atoms with Crippen LogP contribution in [0.25, 0.3) is 117 Å². The topological polar surface area (TPSA) is 69.9 Å². The SMILES string of the molecule is c1ccc(-c2nc(-c3ccc4c(c3)oc3cc(-c5ccccc5-n5c6ccccc6c6ccccc65)ccc34)nc(-c3cccc4oc5ccccc5c34)n2)cc1. The van der Waals surface area contributed by atoms with Crippen molar-refractivity contribution in [2.75, 3.05) is 0 Å². The summed E-state index contributed by atoms with van der Waals surface area (Å²) in [6.45, 7) is 0. The van der Waals surface area contributed by atoms with E-state index in [1.165, 1.54) is 21.8 Å². The number of rotatable bonds is 5. The minimum atomic E-state index is 0.562. The summed E-state index contributed by atoms with van der Waals surface area (Å²) in [5.74, 6) is 1.73. The van der Waals surface area contributed by atoms with Gasteiger partial charge >= 0.3 is 0 Å². The molecule has 0 saturated heterocycles. The third-order valence-electron chi connectivity index (χ3n) is 11.1. The maximum atomic E-state index is 6.68. The zero-order valence-corrected chi connectivity index (χ0v) is 30.4. The number of fused-ring (bicyclic) bond motifs is 9. The molecule has 4 aromatic heterocycles. The second-order valence-electron chi connectivity index (χ2n) is 14.4. The predicted octanol–water partition coefficient (Wildman–Crippen LogP) is 13.4. The van der Waals surface area contributed by atoms with Crippen LogP contribution in [0, 0.1) is 0 Å². The molecule has 0 bridgehead atoms. The lowest BCUT2D eigenvalue weighted by atomic mass is 10.0. The summed E-state index contributed by atoms with van der Waals surface area (Å²) >= 11 is 0. The third-order valence-corrected chi connectivity index (χ3v) is 11.1. The van der Waals surface area contributed by atoms with Gasteiger partial charge in [-0.1, -0.05) is 127 Å². The number of aromatic nitrogens is 4. The standard InChI is InChI=1S/C51H30N4O2/c1-2-13-31(14-3-1)49-52-50(54-51(53-49)40-19-12-24-45-48(40)39-18-7-11-23-44(39)56-45)33-26-28-38-37-27-25-32(29-46(37)57-47(38)30-33)34-15-4-8-20-41(34)55-42-21-9-5-16-35(42)36-17-6-10-22-43(36)55/h1-30H. The minimum Gasteiger partial charge on any atom is -0.456 e. The summed E-state index contributed by atoms with van der Waals surface area (Å²) in [6.07, 6.45) is 0. The van der Waals surface area contributed by atoms with Gasteiger partial charge in [-0.05, 0) is 60.2 Å². The van der Waals surface area contributed by atoms with Crippen LogP contribution >= 0.6 is 0 Å². The van der Waals surface area contributed by atoms with E-state index < -0.39 is 0 Å². The van der Waals surface area contributed by atoms with E-state index in [0.717, 1.165) is 77.4 Å². The van der Waals surface area contributed by atoms with Gasteiger partial charge < -0.3 is 13.4 Å². The van der Waals surface area contributed by atoms with Gasteiger partial charge in [0.05, 0.1) is 16.7 Å². The van der Waals surface area contributed by atoms with E-state index in [-0.39, 0.29) is 0 Å². The molecule has 4 heterocycles. The van der Waals surface area contributed by atoms with Crippen LogP contribution < -0.4 is 0 Å². The second kappa shape index (κ2) is 12.3. The second-order valence-corrected chi connectivity index (χ2v) is 14.4. The fraction of sp³-hybridized carbons (Fsp3) is 0. The third kappa shape index (κ3) is 4.94. The molecule has 266 valence electrons. The number of hydrogen-bond donors (Lipinski definition) is 0. The number of benzene rings is 8. The molecule has 12 rings (SSSR count). The summed E-state index contributed by atoms with van der Waals surface area (Å²) in [5, 5.41) is 6.55. The normalized spacial score (nSPS) is 11.9. The summed E-state index contributed by atoms with van der Waals surface area (Å²) in [5.41, 5.74) is 11.5. The van der Waals surface area contributed by atoms with E-state index >= 15 is 0 Å². The van der Waals surface area contributed by atoms with E-state index in [4.69, 9.17) is 23.8 Å². The first-order valence-corrected chi connectivity index (χ1v) is 19.0. The summed E-state index contributed by atoms with van der Waals surface area (Å²) in [4.78, 5) is 15.2. The van der Waals surface area contributed by atoms with Crippen LogP contribution in [0.3, 0.4) is 0 Å². The molecule has 6 heteroatoms. The Balaban J connectivity index is 1.00. The zero-order chi connectivity index (χ0) is 37.5. The van der Waals surface area contributed by atoms with Gasteiger partial charge in [-0.2, -0.15) is 0 Å². The first-order chi connectivity index (χ1) is 28.2. The number of furan rings is 2. The van der Waals surface area contributed by atoms with Crippen LogP contribution in [0.5, 0.6) is 0 Å². The lowest BCUT2D eigenvalue weighted by Crippen LogP contribution is -2.00. The highest BCUT2D eigenvalue weighted by Gasteiger charge is 2.20. The minimum absolute atomic E-state index is 0.562. The molecule has 0 amide bonds. The largest absolute Gasteiger partial charge is 0.456 e. The quantitative estimate of drug-likeness (QED) is 0.176. The molecule has 8 aromatic carbocycles. The van der Waals surface area contributed by atoms with Gasteiger partial charge in [-0.3, -0.25) is 0 Å². The number of nitrogens with zero attached hydrogens (tertiary/aromatic N) is 4. The van der Waals surface area contributed by atoms with E-state index in [2.05, 4.69) is 120 Å². The van der Waals surface area contributed by atoms with Crippen molar-refractivity contribution < 1.29 is 8.83 Å². The van der Waals surface area contributed by atoms with Crippen LogP contribution in [-0.4, -0.2) is 19.5 Å². The maximum Gasteiger partial charge on any atom is 0.164 e.